The van der Waals surface area contributed by atoms with Gasteiger partial charge in [-0.05, 0) is 12.1 Å². The number of aliphatic carboxylic acids is 1. The van der Waals surface area contributed by atoms with E-state index in [1.54, 1.807) is 0 Å². The lowest BCUT2D eigenvalue weighted by Crippen LogP contribution is -1.87. The Hall–Kier alpha value is -0.410. The van der Waals surface area contributed by atoms with Crippen molar-refractivity contribution in [2.75, 3.05) is 0 Å². The van der Waals surface area contributed by atoms with E-state index in [1.807, 2.05) is 0 Å². The second-order valence-corrected chi connectivity index (χ2v) is 4.12. The number of hydrogen-bond acceptors (Lipinski definition) is 1. The fourth-order valence-electron chi connectivity index (χ4n) is 0.893. The van der Waals surface area contributed by atoms with E-state index in [2.05, 4.69) is 0 Å². The zero-order chi connectivity index (χ0) is 11.6. The van der Waals surface area contributed by atoms with E-state index >= 15 is 0 Å². The molecule has 1 aromatic rings. The highest BCUT2D eigenvalue weighted by atomic mass is 35.5. The Morgan fingerprint density at radius 3 is 2.00 bits per heavy atom. The predicted octanol–water partition coefficient (Wildman–Crippen LogP) is 4.40. The maximum Gasteiger partial charge on any atom is 0.328 e. The molecule has 0 saturated heterocycles. The fraction of sp³-hybridized carbons (Fsp3) is 0. The van der Waals surface area contributed by atoms with Gasteiger partial charge in [0.15, 0.2) is 0 Å². The highest BCUT2D eigenvalue weighted by Crippen LogP contribution is 2.37. The average Bonchev–Trinajstić information content (AvgIpc) is 2.14. The van der Waals surface area contributed by atoms with Crippen LogP contribution in [0.2, 0.25) is 20.1 Å². The summed E-state index contributed by atoms with van der Waals surface area (Å²) in [5, 5.41) is 9.23. The molecule has 0 heterocycles. The van der Waals surface area contributed by atoms with Gasteiger partial charge in [-0.1, -0.05) is 46.4 Å². The van der Waals surface area contributed by atoms with Gasteiger partial charge < -0.3 is 5.11 Å². The van der Waals surface area contributed by atoms with Gasteiger partial charge in [0.1, 0.15) is 0 Å². The smallest absolute Gasteiger partial charge is 0.328 e. The average molecular weight is 286 g/mol. The lowest BCUT2D eigenvalue weighted by Gasteiger charge is -2.05. The molecule has 0 spiro atoms. The van der Waals surface area contributed by atoms with E-state index in [0.29, 0.717) is 5.56 Å². The number of carboxylic acid groups (broad SMARTS) is 1. The summed E-state index contributed by atoms with van der Waals surface area (Å²) < 4.78 is 0. The minimum absolute atomic E-state index is 0.170. The van der Waals surface area contributed by atoms with Gasteiger partial charge in [-0.2, -0.15) is 0 Å². The van der Waals surface area contributed by atoms with E-state index in [4.69, 9.17) is 51.5 Å². The molecule has 0 atom stereocenters. The Kier molecular flexibility index (Phi) is 4.29. The first-order chi connectivity index (χ1) is 6.93. The van der Waals surface area contributed by atoms with Crippen molar-refractivity contribution >= 4 is 58.4 Å². The SMILES string of the molecule is O=C(O)C=Cc1c(Cl)c(Cl)cc(Cl)c1Cl. The van der Waals surface area contributed by atoms with Crippen LogP contribution in [0.5, 0.6) is 0 Å². The molecule has 6 heteroatoms. The van der Waals surface area contributed by atoms with Crippen LogP contribution in [0.3, 0.4) is 0 Å². The van der Waals surface area contributed by atoms with Crippen LogP contribution in [-0.4, -0.2) is 11.1 Å². The van der Waals surface area contributed by atoms with Gasteiger partial charge in [0, 0.05) is 11.6 Å². The summed E-state index contributed by atoms with van der Waals surface area (Å²) in [6, 6.07) is 1.39. The van der Waals surface area contributed by atoms with E-state index in [-0.39, 0.29) is 20.1 Å². The molecule has 0 amide bonds. The molecular formula is C9H4Cl4O2. The summed E-state index contributed by atoms with van der Waals surface area (Å²) >= 11 is 23.2. The van der Waals surface area contributed by atoms with E-state index < -0.39 is 5.97 Å². The molecule has 0 radical (unpaired) electrons. The van der Waals surface area contributed by atoms with Crippen molar-refractivity contribution in [3.63, 3.8) is 0 Å². The number of carboxylic acids is 1. The molecule has 0 aliphatic heterocycles. The number of rotatable bonds is 2. The summed E-state index contributed by atoms with van der Waals surface area (Å²) in [4.78, 5) is 10.3. The van der Waals surface area contributed by atoms with Crippen molar-refractivity contribution in [2.45, 2.75) is 0 Å². The molecule has 1 aromatic carbocycles. The Morgan fingerprint density at radius 2 is 1.60 bits per heavy atom. The number of halogens is 4. The summed E-state index contributed by atoms with van der Waals surface area (Å²) in [5.41, 5.74) is 0.290. The maximum atomic E-state index is 10.3. The molecule has 1 rings (SSSR count). The van der Waals surface area contributed by atoms with Gasteiger partial charge in [0.2, 0.25) is 0 Å². The van der Waals surface area contributed by atoms with Gasteiger partial charge in [-0.3, -0.25) is 0 Å². The molecule has 0 bridgehead atoms. The van der Waals surface area contributed by atoms with Crippen LogP contribution in [0.15, 0.2) is 12.1 Å². The molecule has 1 N–H and O–H groups in total. The third-order valence-electron chi connectivity index (χ3n) is 1.54. The highest BCUT2D eigenvalue weighted by Gasteiger charge is 2.11. The summed E-state index contributed by atoms with van der Waals surface area (Å²) in [6.07, 6.45) is 2.14. The number of carbonyl (C=O) groups is 1. The maximum absolute atomic E-state index is 10.3. The summed E-state index contributed by atoms with van der Waals surface area (Å²) in [7, 11) is 0. The van der Waals surface area contributed by atoms with Crippen LogP contribution in [0.1, 0.15) is 5.56 Å². The van der Waals surface area contributed by atoms with Crippen molar-refractivity contribution in [1.82, 2.24) is 0 Å². The molecule has 0 aliphatic rings. The standard InChI is InChI=1S/C9H4Cl4O2/c10-5-3-6(11)9(13)4(8(5)12)1-2-7(14)15/h1-3H,(H,14,15). The molecule has 80 valence electrons. The van der Waals surface area contributed by atoms with E-state index in [0.717, 1.165) is 6.08 Å². The summed E-state index contributed by atoms with van der Waals surface area (Å²) in [6.45, 7) is 0. The molecule has 2 nitrogen and oxygen atoms in total. The molecule has 0 aliphatic carbocycles. The van der Waals surface area contributed by atoms with Gasteiger partial charge in [-0.15, -0.1) is 0 Å². The largest absolute Gasteiger partial charge is 0.478 e. The van der Waals surface area contributed by atoms with Crippen LogP contribution >= 0.6 is 46.4 Å². The third kappa shape index (κ3) is 3.02. The van der Waals surface area contributed by atoms with Crippen LogP contribution in [0, 0.1) is 0 Å². The molecule has 0 aromatic heterocycles. The van der Waals surface area contributed by atoms with Gasteiger partial charge in [0.05, 0.1) is 20.1 Å². The first-order valence-electron chi connectivity index (χ1n) is 3.67. The van der Waals surface area contributed by atoms with Gasteiger partial charge >= 0.3 is 5.97 Å². The lowest BCUT2D eigenvalue weighted by molar-refractivity contribution is -0.131. The van der Waals surface area contributed by atoms with Crippen LogP contribution in [-0.2, 0) is 4.79 Å². The normalized spacial score (nSPS) is 10.9. The predicted molar refractivity (Wildman–Crippen MR) is 63.2 cm³/mol. The van der Waals surface area contributed by atoms with Crippen molar-refractivity contribution < 1.29 is 9.90 Å². The van der Waals surface area contributed by atoms with E-state index in [9.17, 15) is 4.79 Å². The number of benzene rings is 1. The lowest BCUT2D eigenvalue weighted by atomic mass is 10.2. The van der Waals surface area contributed by atoms with Crippen molar-refractivity contribution in [1.29, 1.82) is 0 Å². The van der Waals surface area contributed by atoms with Gasteiger partial charge in [0.25, 0.3) is 0 Å². The zero-order valence-electron chi connectivity index (χ0n) is 7.10. The highest BCUT2D eigenvalue weighted by molar-refractivity contribution is 6.48. The Balaban J connectivity index is 3.33. The van der Waals surface area contributed by atoms with Crippen LogP contribution in [0.4, 0.5) is 0 Å². The Labute approximate surface area is 106 Å². The monoisotopic (exact) mass is 284 g/mol. The second kappa shape index (κ2) is 5.08. The minimum Gasteiger partial charge on any atom is -0.478 e. The first kappa shape index (κ1) is 12.7. The van der Waals surface area contributed by atoms with Crippen molar-refractivity contribution in [3.8, 4) is 0 Å². The first-order valence-corrected chi connectivity index (χ1v) is 5.18. The molecule has 0 saturated carbocycles. The fourth-order valence-corrected chi connectivity index (χ4v) is 1.84. The van der Waals surface area contributed by atoms with Crippen molar-refractivity contribution in [2.24, 2.45) is 0 Å². The Bertz CT molecular complexity index is 414. The zero-order valence-corrected chi connectivity index (χ0v) is 10.1. The molecule has 0 fully saturated rings. The van der Waals surface area contributed by atoms with Gasteiger partial charge in [-0.25, -0.2) is 4.79 Å². The molecule has 0 unspecified atom stereocenters. The minimum atomic E-state index is -1.11. The molecular weight excluding hydrogens is 282 g/mol. The molecule has 15 heavy (non-hydrogen) atoms. The third-order valence-corrected chi connectivity index (χ3v) is 3.14. The number of hydrogen-bond donors (Lipinski definition) is 1. The van der Waals surface area contributed by atoms with Crippen molar-refractivity contribution in [3.05, 3.63) is 37.8 Å². The van der Waals surface area contributed by atoms with Crippen LogP contribution < -0.4 is 0 Å². The van der Waals surface area contributed by atoms with E-state index in [1.165, 1.54) is 12.1 Å². The summed E-state index contributed by atoms with van der Waals surface area (Å²) in [5.74, 6) is -1.11. The topological polar surface area (TPSA) is 37.3 Å². The van der Waals surface area contributed by atoms with Crippen LogP contribution in [0.25, 0.3) is 6.08 Å². The quantitative estimate of drug-likeness (QED) is 0.646. The Morgan fingerprint density at radius 1 is 1.13 bits per heavy atom. The second-order valence-electron chi connectivity index (χ2n) is 2.55.